The highest BCUT2D eigenvalue weighted by Gasteiger charge is 2.15. The van der Waals surface area contributed by atoms with Crippen LogP contribution in [0.4, 0.5) is 5.95 Å². The first kappa shape index (κ1) is 15.8. The number of ether oxygens (including phenoxy) is 2. The normalized spacial score (nSPS) is 13.6. The number of carbonyl (C=O) groups is 1. The lowest BCUT2D eigenvalue weighted by atomic mass is 10.3. The van der Waals surface area contributed by atoms with E-state index in [1.54, 1.807) is 7.11 Å². The van der Waals surface area contributed by atoms with Gasteiger partial charge in [0, 0.05) is 39.5 Å². The second-order valence-corrected chi connectivity index (χ2v) is 4.99. The van der Waals surface area contributed by atoms with Crippen LogP contribution in [0.1, 0.15) is 29.8 Å². The monoisotopic (exact) mass is 296 g/mol. The number of methoxy groups -OCH3 is 1. The molecule has 1 aromatic heterocycles. The number of imidazole rings is 1. The van der Waals surface area contributed by atoms with E-state index in [4.69, 9.17) is 9.47 Å². The van der Waals surface area contributed by atoms with Crippen LogP contribution in [0.15, 0.2) is 6.20 Å². The minimum absolute atomic E-state index is 0.112. The molecule has 0 radical (unpaired) electrons. The van der Waals surface area contributed by atoms with Gasteiger partial charge in [-0.05, 0) is 19.3 Å². The second kappa shape index (κ2) is 8.63. The van der Waals surface area contributed by atoms with Gasteiger partial charge >= 0.3 is 0 Å². The molecule has 0 fully saturated rings. The lowest BCUT2D eigenvalue weighted by Crippen LogP contribution is -2.25. The van der Waals surface area contributed by atoms with Gasteiger partial charge in [-0.15, -0.1) is 0 Å². The lowest BCUT2D eigenvalue weighted by Gasteiger charge is -2.14. The van der Waals surface area contributed by atoms with Crippen molar-refractivity contribution in [3.63, 3.8) is 0 Å². The lowest BCUT2D eigenvalue weighted by molar-refractivity contribution is 0.0686. The largest absolute Gasteiger partial charge is 0.382 e. The molecule has 0 saturated heterocycles. The highest BCUT2D eigenvalue weighted by Crippen LogP contribution is 2.13. The maximum absolute atomic E-state index is 12.0. The van der Waals surface area contributed by atoms with E-state index in [-0.39, 0.29) is 5.91 Å². The predicted molar refractivity (Wildman–Crippen MR) is 79.6 cm³/mol. The fourth-order valence-electron chi connectivity index (χ4n) is 2.15. The number of carbonyl (C=O) groups excluding carboxylic acids is 1. The molecular weight excluding hydrogens is 272 g/mol. The van der Waals surface area contributed by atoms with Crippen molar-refractivity contribution in [1.29, 1.82) is 0 Å². The van der Waals surface area contributed by atoms with Gasteiger partial charge in [-0.1, -0.05) is 0 Å². The van der Waals surface area contributed by atoms with Crippen LogP contribution >= 0.6 is 0 Å². The standard InChI is InChI=1S/C14H24N4O3/c1-20-9-10-21-8-3-2-5-15-13(19)12-11-18-7-4-6-16-14(18)17-12/h11H,2-10H2,1H3,(H,15,19)(H,16,17). The van der Waals surface area contributed by atoms with Crippen LogP contribution < -0.4 is 10.6 Å². The number of amides is 1. The summed E-state index contributed by atoms with van der Waals surface area (Å²) < 4.78 is 12.2. The van der Waals surface area contributed by atoms with Crippen molar-refractivity contribution in [2.24, 2.45) is 0 Å². The van der Waals surface area contributed by atoms with Crippen molar-refractivity contribution in [2.45, 2.75) is 25.8 Å². The molecule has 2 rings (SSSR count). The third kappa shape index (κ3) is 5.02. The van der Waals surface area contributed by atoms with Gasteiger partial charge in [0.1, 0.15) is 5.69 Å². The Hall–Kier alpha value is -1.60. The smallest absolute Gasteiger partial charge is 0.271 e. The second-order valence-electron chi connectivity index (χ2n) is 4.99. The summed E-state index contributed by atoms with van der Waals surface area (Å²) in [5.74, 6) is 0.678. The Labute approximate surface area is 125 Å². The molecule has 1 aliphatic rings. The van der Waals surface area contributed by atoms with E-state index in [9.17, 15) is 4.79 Å². The first-order chi connectivity index (χ1) is 10.3. The van der Waals surface area contributed by atoms with Crippen LogP contribution in [0.3, 0.4) is 0 Å². The molecule has 21 heavy (non-hydrogen) atoms. The number of hydrogen-bond donors (Lipinski definition) is 2. The van der Waals surface area contributed by atoms with E-state index in [0.717, 1.165) is 38.3 Å². The van der Waals surface area contributed by atoms with E-state index >= 15 is 0 Å². The van der Waals surface area contributed by atoms with Crippen molar-refractivity contribution in [3.05, 3.63) is 11.9 Å². The third-order valence-electron chi connectivity index (χ3n) is 3.30. The summed E-state index contributed by atoms with van der Waals surface area (Å²) in [4.78, 5) is 16.3. The molecule has 0 aromatic carbocycles. The first-order valence-electron chi connectivity index (χ1n) is 7.47. The predicted octanol–water partition coefficient (Wildman–Crippen LogP) is 0.872. The van der Waals surface area contributed by atoms with E-state index < -0.39 is 0 Å². The number of aromatic nitrogens is 2. The Kier molecular flexibility index (Phi) is 6.49. The highest BCUT2D eigenvalue weighted by molar-refractivity contribution is 5.92. The van der Waals surface area contributed by atoms with E-state index in [1.165, 1.54) is 0 Å². The van der Waals surface area contributed by atoms with Gasteiger partial charge in [-0.2, -0.15) is 0 Å². The summed E-state index contributed by atoms with van der Waals surface area (Å²) in [6.07, 6.45) is 4.69. The Bertz CT molecular complexity index is 424. The maximum atomic E-state index is 12.0. The van der Waals surface area contributed by atoms with Crippen molar-refractivity contribution in [3.8, 4) is 0 Å². The van der Waals surface area contributed by atoms with Crippen LogP contribution in [0.25, 0.3) is 0 Å². The average molecular weight is 296 g/mol. The topological polar surface area (TPSA) is 77.4 Å². The van der Waals surface area contributed by atoms with Gasteiger partial charge in [0.15, 0.2) is 0 Å². The molecule has 7 heteroatoms. The number of fused-ring (bicyclic) bond motifs is 1. The minimum atomic E-state index is -0.112. The van der Waals surface area contributed by atoms with Crippen LogP contribution in [0.2, 0.25) is 0 Å². The van der Waals surface area contributed by atoms with E-state index in [0.29, 0.717) is 32.1 Å². The Morgan fingerprint density at radius 2 is 2.33 bits per heavy atom. The molecule has 0 saturated carbocycles. The molecular formula is C14H24N4O3. The molecule has 0 atom stereocenters. The van der Waals surface area contributed by atoms with Crippen LogP contribution in [-0.4, -0.2) is 55.5 Å². The van der Waals surface area contributed by atoms with Crippen LogP contribution in [0, 0.1) is 0 Å². The van der Waals surface area contributed by atoms with E-state index in [2.05, 4.69) is 15.6 Å². The molecule has 1 aromatic rings. The van der Waals surface area contributed by atoms with Gasteiger partial charge in [0.25, 0.3) is 5.91 Å². The first-order valence-corrected chi connectivity index (χ1v) is 7.47. The molecule has 0 bridgehead atoms. The SMILES string of the molecule is COCCOCCCCNC(=O)c1cn2c(n1)NCCC2. The molecule has 0 spiro atoms. The zero-order valence-electron chi connectivity index (χ0n) is 12.6. The highest BCUT2D eigenvalue weighted by atomic mass is 16.5. The molecule has 118 valence electrons. The molecule has 0 unspecified atom stereocenters. The summed E-state index contributed by atoms with van der Waals surface area (Å²) in [5.41, 5.74) is 0.482. The number of anilines is 1. The third-order valence-corrected chi connectivity index (χ3v) is 3.30. The van der Waals surface area contributed by atoms with Gasteiger partial charge < -0.3 is 24.7 Å². The number of nitrogens with zero attached hydrogens (tertiary/aromatic N) is 2. The van der Waals surface area contributed by atoms with Crippen molar-refractivity contribution in [1.82, 2.24) is 14.9 Å². The van der Waals surface area contributed by atoms with E-state index in [1.807, 2.05) is 10.8 Å². The fraction of sp³-hybridized carbons (Fsp3) is 0.714. The van der Waals surface area contributed by atoms with Gasteiger partial charge in [0.2, 0.25) is 5.95 Å². The Morgan fingerprint density at radius 3 is 3.14 bits per heavy atom. The quantitative estimate of drug-likeness (QED) is 0.661. The molecule has 2 N–H and O–H groups in total. The number of unbranched alkanes of at least 4 members (excludes halogenated alkanes) is 1. The Morgan fingerprint density at radius 1 is 1.43 bits per heavy atom. The summed E-state index contributed by atoms with van der Waals surface area (Å²) in [7, 11) is 1.65. The number of rotatable bonds is 9. The fourth-order valence-corrected chi connectivity index (χ4v) is 2.15. The van der Waals surface area contributed by atoms with Gasteiger partial charge in [-0.25, -0.2) is 4.98 Å². The zero-order chi connectivity index (χ0) is 14.9. The minimum Gasteiger partial charge on any atom is -0.382 e. The maximum Gasteiger partial charge on any atom is 0.271 e. The van der Waals surface area contributed by atoms with Crippen molar-refractivity contribution in [2.75, 3.05) is 45.3 Å². The summed E-state index contributed by atoms with van der Waals surface area (Å²) >= 11 is 0. The van der Waals surface area contributed by atoms with Crippen molar-refractivity contribution < 1.29 is 14.3 Å². The molecule has 1 aliphatic heterocycles. The van der Waals surface area contributed by atoms with Crippen LogP contribution in [0.5, 0.6) is 0 Å². The summed E-state index contributed by atoms with van der Waals surface area (Å²) in [6, 6.07) is 0. The van der Waals surface area contributed by atoms with Gasteiger partial charge in [0.05, 0.1) is 13.2 Å². The number of aryl methyl sites for hydroxylation is 1. The molecule has 7 nitrogen and oxygen atoms in total. The number of nitrogens with one attached hydrogen (secondary N) is 2. The summed E-state index contributed by atoms with van der Waals surface area (Å²) in [6.45, 7) is 4.42. The molecule has 2 heterocycles. The summed E-state index contributed by atoms with van der Waals surface area (Å²) in [5, 5.41) is 6.07. The van der Waals surface area contributed by atoms with Crippen molar-refractivity contribution >= 4 is 11.9 Å². The molecule has 0 aliphatic carbocycles. The zero-order valence-corrected chi connectivity index (χ0v) is 12.6. The van der Waals surface area contributed by atoms with Crippen LogP contribution in [-0.2, 0) is 16.0 Å². The average Bonchev–Trinajstić information content (AvgIpc) is 2.94. The Balaban J connectivity index is 1.60. The molecule has 1 amide bonds. The number of hydrogen-bond acceptors (Lipinski definition) is 5. The van der Waals surface area contributed by atoms with Gasteiger partial charge in [-0.3, -0.25) is 4.79 Å².